The molecule has 5 rings (SSSR count). The molecular weight excluding hydrogens is 398 g/mol. The molecule has 156 valence electrons. The molecule has 1 fully saturated rings. The Morgan fingerprint density at radius 3 is 2.23 bits per heavy atom. The lowest BCUT2D eigenvalue weighted by atomic mass is 10.1. The fraction of sp³-hybridized carbons (Fsp3) is 0.227. The summed E-state index contributed by atoms with van der Waals surface area (Å²) >= 11 is 0. The van der Waals surface area contributed by atoms with E-state index in [1.54, 1.807) is 33.8 Å². The van der Waals surface area contributed by atoms with Gasteiger partial charge in [-0.3, -0.25) is 19.3 Å². The Hall–Kier alpha value is -3.85. The van der Waals surface area contributed by atoms with Gasteiger partial charge in [-0.15, -0.1) is 5.10 Å². The van der Waals surface area contributed by atoms with Gasteiger partial charge in [0, 0.05) is 12.2 Å². The van der Waals surface area contributed by atoms with Crippen molar-refractivity contribution in [1.29, 1.82) is 0 Å². The average Bonchev–Trinajstić information content (AvgIpc) is 3.27. The van der Waals surface area contributed by atoms with Gasteiger partial charge in [0.05, 0.1) is 35.7 Å². The van der Waals surface area contributed by atoms with Crippen LogP contribution in [0.3, 0.4) is 0 Å². The van der Waals surface area contributed by atoms with Crippen LogP contribution in [0, 0.1) is 6.92 Å². The number of ether oxygens (including phenoxy) is 1. The first kappa shape index (κ1) is 19.1. The monoisotopic (exact) mass is 417 g/mol. The molecular formula is C22H19N5O4. The summed E-state index contributed by atoms with van der Waals surface area (Å²) in [6, 6.07) is 14.2. The first-order chi connectivity index (χ1) is 15.0. The van der Waals surface area contributed by atoms with Crippen LogP contribution in [0.5, 0.6) is 0 Å². The third-order valence-electron chi connectivity index (χ3n) is 5.57. The summed E-state index contributed by atoms with van der Waals surface area (Å²) in [7, 11) is 0. The maximum absolute atomic E-state index is 12.6. The minimum Gasteiger partial charge on any atom is -0.370 e. The molecule has 9 nitrogen and oxygen atoms in total. The molecule has 31 heavy (non-hydrogen) atoms. The van der Waals surface area contributed by atoms with Gasteiger partial charge >= 0.3 is 0 Å². The van der Waals surface area contributed by atoms with Crippen LogP contribution in [0.1, 0.15) is 32.1 Å². The molecule has 0 spiro atoms. The highest BCUT2D eigenvalue weighted by molar-refractivity contribution is 6.21. The van der Waals surface area contributed by atoms with E-state index < -0.39 is 0 Å². The Morgan fingerprint density at radius 2 is 1.58 bits per heavy atom. The van der Waals surface area contributed by atoms with Crippen LogP contribution in [-0.2, 0) is 16.1 Å². The Morgan fingerprint density at radius 1 is 0.935 bits per heavy atom. The van der Waals surface area contributed by atoms with Crippen LogP contribution in [0.2, 0.25) is 0 Å². The van der Waals surface area contributed by atoms with Gasteiger partial charge in [0.15, 0.2) is 0 Å². The van der Waals surface area contributed by atoms with Crippen molar-refractivity contribution in [1.82, 2.24) is 19.9 Å². The number of amides is 3. The number of aromatic nitrogens is 3. The predicted molar refractivity (Wildman–Crippen MR) is 110 cm³/mol. The number of fused-ring (bicyclic) bond motifs is 1. The topological polar surface area (TPSA) is 97.6 Å². The second-order valence-corrected chi connectivity index (χ2v) is 7.39. The van der Waals surface area contributed by atoms with Gasteiger partial charge in [0.25, 0.3) is 17.7 Å². The summed E-state index contributed by atoms with van der Waals surface area (Å²) in [4.78, 5) is 40.1. The Balaban J connectivity index is 1.37. The van der Waals surface area contributed by atoms with Crippen molar-refractivity contribution in [2.24, 2.45) is 0 Å². The Kier molecular flexibility index (Phi) is 4.59. The van der Waals surface area contributed by atoms with Crippen LogP contribution in [-0.4, -0.2) is 57.4 Å². The van der Waals surface area contributed by atoms with Gasteiger partial charge < -0.3 is 9.64 Å². The summed E-state index contributed by atoms with van der Waals surface area (Å²) in [5, 5.41) is 8.40. The minimum absolute atomic E-state index is 0.0541. The molecule has 0 atom stereocenters. The summed E-state index contributed by atoms with van der Waals surface area (Å²) in [6.45, 7) is 3.01. The summed E-state index contributed by atoms with van der Waals surface area (Å²) in [5.41, 5.74) is 3.65. The van der Waals surface area contributed by atoms with Gasteiger partial charge in [-0.05, 0) is 43.3 Å². The van der Waals surface area contributed by atoms with E-state index in [1.165, 1.54) is 4.90 Å². The molecule has 1 aromatic heterocycles. The maximum Gasteiger partial charge on any atom is 0.261 e. The number of morpholine rings is 1. The first-order valence-electron chi connectivity index (χ1n) is 9.89. The van der Waals surface area contributed by atoms with E-state index in [9.17, 15) is 14.4 Å². The zero-order valence-electron chi connectivity index (χ0n) is 16.8. The van der Waals surface area contributed by atoms with Gasteiger partial charge in [-0.25, -0.2) is 4.68 Å². The number of benzene rings is 2. The van der Waals surface area contributed by atoms with E-state index in [0.717, 1.165) is 17.1 Å². The number of nitrogens with zero attached hydrogens (tertiary/aromatic N) is 5. The second-order valence-electron chi connectivity index (χ2n) is 7.39. The predicted octanol–water partition coefficient (Wildman–Crippen LogP) is 1.74. The molecule has 0 bridgehead atoms. The summed E-state index contributed by atoms with van der Waals surface area (Å²) in [5.74, 6) is -0.720. The normalized spacial score (nSPS) is 16.2. The van der Waals surface area contributed by atoms with E-state index in [4.69, 9.17) is 4.74 Å². The summed E-state index contributed by atoms with van der Waals surface area (Å²) in [6.07, 6.45) is 0. The standard InChI is InChI=1S/C22H19N5O4/c1-14-19(12-26-21(29)17-4-2-3-5-18(17)22(26)30)23-24-27(14)16-8-6-15(7-9-16)25-10-11-31-13-20(25)28/h2-9H,10-13H2,1H3. The average molecular weight is 417 g/mol. The third-order valence-corrected chi connectivity index (χ3v) is 5.57. The van der Waals surface area contributed by atoms with Crippen LogP contribution >= 0.6 is 0 Å². The molecule has 9 heteroatoms. The number of hydrogen-bond donors (Lipinski definition) is 0. The van der Waals surface area contributed by atoms with E-state index in [1.807, 2.05) is 31.2 Å². The van der Waals surface area contributed by atoms with Gasteiger partial charge in [-0.2, -0.15) is 0 Å². The highest BCUT2D eigenvalue weighted by atomic mass is 16.5. The van der Waals surface area contributed by atoms with Gasteiger partial charge in [0.1, 0.15) is 12.3 Å². The van der Waals surface area contributed by atoms with Crippen molar-refractivity contribution in [3.05, 3.63) is 71.0 Å². The number of carbonyl (C=O) groups excluding carboxylic acids is 3. The summed E-state index contributed by atoms with van der Waals surface area (Å²) < 4.78 is 6.82. The maximum atomic E-state index is 12.6. The third kappa shape index (κ3) is 3.19. The van der Waals surface area contributed by atoms with E-state index in [2.05, 4.69) is 10.3 Å². The van der Waals surface area contributed by atoms with E-state index in [0.29, 0.717) is 30.0 Å². The zero-order valence-corrected chi connectivity index (χ0v) is 16.8. The second kappa shape index (κ2) is 7.44. The molecule has 0 aliphatic carbocycles. The number of carbonyl (C=O) groups is 3. The Bertz CT molecular complexity index is 1170. The quantitative estimate of drug-likeness (QED) is 0.600. The van der Waals surface area contributed by atoms with Gasteiger partial charge in [-0.1, -0.05) is 17.3 Å². The highest BCUT2D eigenvalue weighted by Gasteiger charge is 2.36. The van der Waals surface area contributed by atoms with Crippen LogP contribution in [0.4, 0.5) is 5.69 Å². The molecule has 3 aromatic rings. The molecule has 2 aliphatic rings. The lowest BCUT2D eigenvalue weighted by Gasteiger charge is -2.26. The van der Waals surface area contributed by atoms with Crippen molar-refractivity contribution >= 4 is 23.4 Å². The number of rotatable bonds is 4. The molecule has 0 radical (unpaired) electrons. The molecule has 3 amide bonds. The SMILES string of the molecule is Cc1c(CN2C(=O)c3ccccc3C2=O)nnn1-c1ccc(N2CCOCC2=O)cc1. The Labute approximate surface area is 177 Å². The largest absolute Gasteiger partial charge is 0.370 e. The molecule has 0 unspecified atom stereocenters. The highest BCUT2D eigenvalue weighted by Crippen LogP contribution is 2.25. The molecule has 0 N–H and O–H groups in total. The number of anilines is 1. The van der Waals surface area contributed by atoms with Crippen molar-refractivity contribution in [2.45, 2.75) is 13.5 Å². The fourth-order valence-electron chi connectivity index (χ4n) is 3.85. The fourth-order valence-corrected chi connectivity index (χ4v) is 3.85. The van der Waals surface area contributed by atoms with Gasteiger partial charge in [0.2, 0.25) is 0 Å². The zero-order chi connectivity index (χ0) is 21.5. The molecule has 0 saturated carbocycles. The smallest absolute Gasteiger partial charge is 0.261 e. The van der Waals surface area contributed by atoms with Crippen molar-refractivity contribution < 1.29 is 19.1 Å². The lowest BCUT2D eigenvalue weighted by Crippen LogP contribution is -2.41. The lowest BCUT2D eigenvalue weighted by molar-refractivity contribution is -0.125. The molecule has 2 aromatic carbocycles. The molecule has 2 aliphatic heterocycles. The van der Waals surface area contributed by atoms with Crippen LogP contribution < -0.4 is 4.90 Å². The van der Waals surface area contributed by atoms with E-state index >= 15 is 0 Å². The van der Waals surface area contributed by atoms with Crippen molar-refractivity contribution in [3.63, 3.8) is 0 Å². The van der Waals surface area contributed by atoms with Crippen molar-refractivity contribution in [3.8, 4) is 5.69 Å². The molecule has 1 saturated heterocycles. The number of hydrogen-bond acceptors (Lipinski definition) is 6. The number of imide groups is 1. The van der Waals surface area contributed by atoms with E-state index in [-0.39, 0.29) is 30.9 Å². The van der Waals surface area contributed by atoms with Crippen molar-refractivity contribution in [2.75, 3.05) is 24.7 Å². The minimum atomic E-state index is -0.325. The molecule has 3 heterocycles. The van der Waals surface area contributed by atoms with Crippen LogP contribution in [0.25, 0.3) is 5.69 Å². The van der Waals surface area contributed by atoms with Crippen LogP contribution in [0.15, 0.2) is 48.5 Å². The first-order valence-corrected chi connectivity index (χ1v) is 9.89.